The predicted octanol–water partition coefficient (Wildman–Crippen LogP) is -0.364. The zero-order valence-electron chi connectivity index (χ0n) is 47.0. The molecule has 440 valence electrons. The smallest absolute Gasteiger partial charge is 0.408 e. The van der Waals surface area contributed by atoms with E-state index in [9.17, 15) is 58.5 Å². The summed E-state index contributed by atoms with van der Waals surface area (Å²) in [4.78, 5) is 123. The molecule has 0 aliphatic rings. The zero-order valence-corrected chi connectivity index (χ0v) is 47.0. The molecule has 0 unspecified atom stereocenters. The normalized spacial score (nSPS) is 15.1. The van der Waals surface area contributed by atoms with Gasteiger partial charge < -0.3 is 78.4 Å². The van der Waals surface area contributed by atoms with E-state index in [0.29, 0.717) is 17.5 Å². The lowest BCUT2D eigenvalue weighted by Gasteiger charge is -2.31. The van der Waals surface area contributed by atoms with E-state index in [2.05, 4.69) is 47.9 Å². The average molecular weight is 1110 g/mol. The molecule has 0 heterocycles. The molecule has 0 aliphatic heterocycles. The topological polar surface area (TPSA) is 391 Å². The Hall–Kier alpha value is -7.38. The minimum absolute atomic E-state index is 0.0413. The molecule has 8 amide bonds. The Kier molecular flexibility index (Phi) is 29.0. The number of amides is 8. The summed E-state index contributed by atoms with van der Waals surface area (Å²) in [6, 6.07) is 7.11. The molecule has 0 spiro atoms. The highest BCUT2D eigenvalue weighted by Crippen LogP contribution is 2.15. The van der Waals surface area contributed by atoms with Gasteiger partial charge in [0.25, 0.3) is 0 Å². The quantitative estimate of drug-likeness (QED) is 0.0192. The average Bonchev–Trinajstić information content (AvgIpc) is 3.38. The van der Waals surface area contributed by atoms with Crippen LogP contribution in [0.25, 0.3) is 0 Å². The maximum Gasteiger partial charge on any atom is 0.408 e. The molecule has 25 nitrogen and oxygen atoms in total. The van der Waals surface area contributed by atoms with E-state index in [4.69, 9.17) is 20.6 Å². The minimum Gasteiger partial charge on any atom is -0.459 e. The third-order valence-electron chi connectivity index (χ3n) is 12.2. The van der Waals surface area contributed by atoms with Crippen molar-refractivity contribution in [3.8, 4) is 0 Å². The van der Waals surface area contributed by atoms with Crippen LogP contribution in [-0.4, -0.2) is 154 Å². The molecule has 79 heavy (non-hydrogen) atoms. The van der Waals surface area contributed by atoms with Gasteiger partial charge in [0.1, 0.15) is 48.5 Å². The highest BCUT2D eigenvalue weighted by atomic mass is 16.6. The second-order valence-corrected chi connectivity index (χ2v) is 21.1. The lowest BCUT2D eigenvalue weighted by molar-refractivity contribution is -0.150. The first-order valence-corrected chi connectivity index (χ1v) is 26.4. The summed E-state index contributed by atoms with van der Waals surface area (Å²) in [5, 5.41) is 62.0. The predicted molar refractivity (Wildman–Crippen MR) is 292 cm³/mol. The second kappa shape index (κ2) is 33.8. The summed E-state index contributed by atoms with van der Waals surface area (Å²) in [6.45, 7) is 14.6. The van der Waals surface area contributed by atoms with E-state index in [1.165, 1.54) is 6.92 Å². The van der Waals surface area contributed by atoms with Crippen molar-refractivity contribution in [1.82, 2.24) is 47.9 Å². The monoisotopic (exact) mass is 1110 g/mol. The first kappa shape index (κ1) is 67.7. The molecule has 2 aromatic rings. The Morgan fingerprint density at radius 2 is 1.16 bits per heavy atom. The number of esters is 1. The Labute approximate surface area is 462 Å². The first-order chi connectivity index (χ1) is 37.1. The number of nitrogens with two attached hydrogens (primary N) is 1. The summed E-state index contributed by atoms with van der Waals surface area (Å²) in [7, 11) is 0. The summed E-state index contributed by atoms with van der Waals surface area (Å²) in [5.74, 6) is -8.92. The van der Waals surface area contributed by atoms with Crippen LogP contribution in [0.4, 0.5) is 4.79 Å². The van der Waals surface area contributed by atoms with E-state index >= 15 is 0 Å². The van der Waals surface area contributed by atoms with Crippen molar-refractivity contribution in [3.05, 3.63) is 71.8 Å². The van der Waals surface area contributed by atoms with Crippen LogP contribution in [0.15, 0.2) is 60.7 Å². The second-order valence-electron chi connectivity index (χ2n) is 21.1. The van der Waals surface area contributed by atoms with Crippen molar-refractivity contribution < 1.29 is 67.9 Å². The number of benzene rings is 2. The van der Waals surface area contributed by atoms with Crippen LogP contribution >= 0.6 is 0 Å². The largest absolute Gasteiger partial charge is 0.459 e. The molecule has 0 radical (unpaired) electrons. The highest BCUT2D eigenvalue weighted by molar-refractivity contribution is 5.97. The van der Waals surface area contributed by atoms with E-state index < -0.39 is 139 Å². The van der Waals surface area contributed by atoms with Crippen LogP contribution in [0, 0.1) is 23.2 Å². The fourth-order valence-corrected chi connectivity index (χ4v) is 7.63. The number of ether oxygens (including phenoxy) is 2. The van der Waals surface area contributed by atoms with Gasteiger partial charge in [-0.3, -0.25) is 39.0 Å². The molecule has 0 aliphatic carbocycles. The first-order valence-electron chi connectivity index (χ1n) is 26.4. The number of hydrogen-bond donors (Lipinski definition) is 14. The van der Waals surface area contributed by atoms with Crippen LogP contribution in [0.5, 0.6) is 0 Å². The Morgan fingerprint density at radius 1 is 0.633 bits per heavy atom. The van der Waals surface area contributed by atoms with E-state index in [-0.39, 0.29) is 50.7 Å². The number of hydrogen-bond acceptors (Lipinski definition) is 15. The van der Waals surface area contributed by atoms with Gasteiger partial charge in [-0.2, -0.15) is 0 Å². The van der Waals surface area contributed by atoms with Crippen LogP contribution in [0.2, 0.25) is 0 Å². The maximum absolute atomic E-state index is 14.3. The van der Waals surface area contributed by atoms with Gasteiger partial charge in [0.15, 0.2) is 12.0 Å². The molecule has 0 bridgehead atoms. The minimum atomic E-state index is -1.70. The number of carbonyl (C=O) groups excluding carboxylic acids is 9. The number of rotatable bonds is 32. The Bertz CT molecular complexity index is 2320. The number of aliphatic hydroxyl groups excluding tert-OH is 3. The highest BCUT2D eigenvalue weighted by Gasteiger charge is 2.38. The standard InChI is InChI=1S/C54H85N11O14/c1-11-32(6)41(63-45(70)36(23-18-24-57-52(55)56)60-46(71)37(25-30(2)3)61-50(75)43(44(69)31(4)5)65-53(77)79-54(8,9)10)49(74)64-42(33(7)67)48(73)58-27-40(68)59-38(26-34-19-14-12-15-20-34)47(72)62-39(28-66)51(76)78-29-35-21-16-13-17-22-35/h12-17,19-22,30-33,36-39,41-44,66-67,69H,11,18,23-29H2,1-10H3,(H,58,73)(H,59,68)(H,60,71)(H,61,75)(H,62,72)(H,63,70)(H,64,74)(H,65,77)(H4,55,56,57)/t32-,33-,36+,37-,38-,39-,41-,42-,43-,44+/m0/s1. The maximum atomic E-state index is 14.3. The van der Waals surface area contributed by atoms with Crippen LogP contribution in [0.1, 0.15) is 106 Å². The molecule has 0 fully saturated rings. The van der Waals surface area contributed by atoms with Gasteiger partial charge in [-0.15, -0.1) is 0 Å². The number of nitrogens with one attached hydrogen (secondary N) is 10. The van der Waals surface area contributed by atoms with Gasteiger partial charge in [0.05, 0.1) is 25.4 Å². The molecule has 10 atom stereocenters. The third kappa shape index (κ3) is 25.3. The molecule has 25 heteroatoms. The zero-order chi connectivity index (χ0) is 59.6. The molecular formula is C54H85N11O14. The van der Waals surface area contributed by atoms with Crippen molar-refractivity contribution in [3.63, 3.8) is 0 Å². The summed E-state index contributed by atoms with van der Waals surface area (Å²) < 4.78 is 10.6. The summed E-state index contributed by atoms with van der Waals surface area (Å²) >= 11 is 0. The van der Waals surface area contributed by atoms with E-state index in [1.54, 1.807) is 123 Å². The number of aliphatic hydroxyl groups is 3. The van der Waals surface area contributed by atoms with Gasteiger partial charge in [0.2, 0.25) is 41.4 Å². The number of carbonyl (C=O) groups is 9. The molecule has 2 rings (SSSR count). The summed E-state index contributed by atoms with van der Waals surface area (Å²) in [6.07, 6.45) is -3.62. The fraction of sp³-hybridized carbons (Fsp3) is 0.593. The third-order valence-corrected chi connectivity index (χ3v) is 12.2. The van der Waals surface area contributed by atoms with Gasteiger partial charge in [-0.25, -0.2) is 9.59 Å². The van der Waals surface area contributed by atoms with Crippen LogP contribution < -0.4 is 53.6 Å². The lowest BCUT2D eigenvalue weighted by atomic mass is 9.96. The molecule has 2 aromatic carbocycles. The van der Waals surface area contributed by atoms with Gasteiger partial charge >= 0.3 is 12.1 Å². The van der Waals surface area contributed by atoms with Crippen molar-refractivity contribution in [2.75, 3.05) is 19.7 Å². The van der Waals surface area contributed by atoms with Crippen molar-refractivity contribution in [1.29, 1.82) is 5.41 Å². The lowest BCUT2D eigenvalue weighted by Crippen LogP contribution is -2.62. The van der Waals surface area contributed by atoms with Crippen molar-refractivity contribution in [2.45, 2.75) is 168 Å². The molecule has 15 N–H and O–H groups in total. The van der Waals surface area contributed by atoms with Crippen molar-refractivity contribution in [2.24, 2.45) is 23.5 Å². The van der Waals surface area contributed by atoms with E-state index in [1.807, 2.05) is 0 Å². The van der Waals surface area contributed by atoms with Gasteiger partial charge in [-0.05, 0) is 75.8 Å². The van der Waals surface area contributed by atoms with Gasteiger partial charge in [0, 0.05) is 13.0 Å². The van der Waals surface area contributed by atoms with Crippen LogP contribution in [0.3, 0.4) is 0 Å². The Balaban J connectivity index is 2.32. The SMILES string of the molecule is CC[C@H](C)[C@H](NC(=O)[C@@H](CCCNC(=N)N)NC(=O)[C@H](CC(C)C)NC(=O)[C@@H](NC(=O)OC(C)(C)C)[C@H](O)C(C)C)C(=O)N[C@H](C(=O)NCC(=O)N[C@@H](Cc1ccccc1)C(=O)N[C@@H](CO)C(=O)OCc1ccccc1)[C@H](C)O. The summed E-state index contributed by atoms with van der Waals surface area (Å²) in [5.41, 5.74) is 5.79. The molecule has 0 saturated heterocycles. The molecular weight excluding hydrogens is 1030 g/mol. The molecule has 0 saturated carbocycles. The fourth-order valence-electron chi connectivity index (χ4n) is 7.63. The van der Waals surface area contributed by atoms with E-state index in [0.717, 1.165) is 0 Å². The van der Waals surface area contributed by atoms with Crippen molar-refractivity contribution >= 4 is 59.4 Å². The number of alkyl carbamates (subject to hydrolysis) is 1. The van der Waals surface area contributed by atoms with Gasteiger partial charge in [-0.1, -0.05) is 109 Å². The Morgan fingerprint density at radius 3 is 1.70 bits per heavy atom. The number of guanidine groups is 1. The molecule has 0 aromatic heterocycles. The van der Waals surface area contributed by atoms with Crippen LogP contribution in [-0.2, 0) is 60.9 Å².